The quantitative estimate of drug-likeness (QED) is 0.321. The van der Waals surface area contributed by atoms with Gasteiger partial charge in [0.1, 0.15) is 22.8 Å². The van der Waals surface area contributed by atoms with Gasteiger partial charge in [-0.15, -0.1) is 6.42 Å². The second kappa shape index (κ2) is 5.83. The molecule has 0 fully saturated rings. The van der Waals surface area contributed by atoms with E-state index in [2.05, 4.69) is 5.92 Å². The number of methoxy groups -OCH3 is 1. The molecule has 0 saturated heterocycles. The smallest absolute Gasteiger partial charge is 0.198 e. The second-order valence-electron chi connectivity index (χ2n) is 7.00. The van der Waals surface area contributed by atoms with Crippen LogP contribution in [-0.2, 0) is 6.42 Å². The minimum absolute atomic E-state index is 0.00273. The molecule has 0 saturated carbocycles. The number of phenols is 2. The summed E-state index contributed by atoms with van der Waals surface area (Å²) in [5.41, 5.74) is -2.05. The lowest BCUT2D eigenvalue weighted by atomic mass is 9.73. The lowest BCUT2D eigenvalue weighted by Crippen LogP contribution is -2.37. The van der Waals surface area contributed by atoms with Crippen LogP contribution in [0.1, 0.15) is 50.7 Å². The second-order valence-corrected chi connectivity index (χ2v) is 7.00. The molecule has 2 aromatic carbocycles. The minimum Gasteiger partial charge on any atom is -0.507 e. The van der Waals surface area contributed by atoms with Gasteiger partial charge in [0.15, 0.2) is 5.78 Å². The highest BCUT2D eigenvalue weighted by atomic mass is 16.5. The van der Waals surface area contributed by atoms with Crippen LogP contribution in [0.2, 0.25) is 0 Å². The van der Waals surface area contributed by atoms with Crippen LogP contribution < -0.4 is 4.74 Å². The summed E-state index contributed by atoms with van der Waals surface area (Å²) in [5.74, 6) is 0.885. The van der Waals surface area contributed by atoms with Crippen LogP contribution in [0.4, 0.5) is 0 Å². The highest BCUT2D eigenvalue weighted by Crippen LogP contribution is 2.50. The van der Waals surface area contributed by atoms with E-state index in [9.17, 15) is 25.2 Å². The number of hydrogen-bond donors (Lipinski definition) is 5. The molecule has 2 aliphatic rings. The summed E-state index contributed by atoms with van der Waals surface area (Å²) in [6.07, 6.45) is 3.50. The van der Waals surface area contributed by atoms with E-state index in [1.165, 1.54) is 13.2 Å². The van der Waals surface area contributed by atoms with Crippen LogP contribution in [0.15, 0.2) is 18.2 Å². The summed E-state index contributed by atoms with van der Waals surface area (Å²) in [6, 6.07) is 4.67. The van der Waals surface area contributed by atoms with Crippen LogP contribution >= 0.6 is 0 Å². The van der Waals surface area contributed by atoms with E-state index in [0.717, 1.165) is 0 Å². The van der Waals surface area contributed by atoms with Crippen molar-refractivity contribution >= 4 is 11.5 Å². The number of ether oxygens (including phenoxy) is 1. The number of carbonyl (C=O) groups excluding carboxylic acids is 1. The SMILES string of the molecule is C#CC1(O)Cc2c(O)c3c(c(O)c2C(O)C1)C(=N)c1c(OC)cccc1C3=O. The summed E-state index contributed by atoms with van der Waals surface area (Å²) in [6.45, 7) is 0. The summed E-state index contributed by atoms with van der Waals surface area (Å²) >= 11 is 0. The first-order chi connectivity index (χ1) is 13.2. The molecular formula is C21H17NO6. The van der Waals surface area contributed by atoms with Crippen molar-refractivity contribution in [2.75, 3.05) is 7.11 Å². The Hall–Kier alpha value is -3.34. The Morgan fingerprint density at radius 3 is 2.61 bits per heavy atom. The Bertz CT molecular complexity index is 1110. The van der Waals surface area contributed by atoms with E-state index < -0.39 is 29.0 Å². The van der Waals surface area contributed by atoms with E-state index in [1.807, 2.05) is 0 Å². The molecule has 0 amide bonds. The van der Waals surface area contributed by atoms with Crippen molar-refractivity contribution < 1.29 is 30.0 Å². The Kier molecular flexibility index (Phi) is 3.76. The van der Waals surface area contributed by atoms with E-state index in [0.29, 0.717) is 0 Å². The van der Waals surface area contributed by atoms with Gasteiger partial charge in [0.25, 0.3) is 0 Å². The summed E-state index contributed by atoms with van der Waals surface area (Å²) < 4.78 is 5.25. The average Bonchev–Trinajstić information content (AvgIpc) is 2.67. The van der Waals surface area contributed by atoms with Gasteiger partial charge in [-0.25, -0.2) is 0 Å². The van der Waals surface area contributed by atoms with Gasteiger partial charge in [0.2, 0.25) is 0 Å². The number of phenolic OH excluding ortho intramolecular Hbond substituents is 2. The molecule has 2 unspecified atom stereocenters. The van der Waals surface area contributed by atoms with Crippen molar-refractivity contribution in [3.05, 3.63) is 51.6 Å². The van der Waals surface area contributed by atoms with Crippen molar-refractivity contribution in [3.8, 4) is 29.6 Å². The molecule has 0 radical (unpaired) electrons. The third-order valence-corrected chi connectivity index (χ3v) is 5.41. The zero-order valence-electron chi connectivity index (χ0n) is 14.9. The molecule has 0 aliphatic heterocycles. The van der Waals surface area contributed by atoms with Crippen LogP contribution in [0, 0.1) is 17.8 Å². The van der Waals surface area contributed by atoms with Crippen molar-refractivity contribution in [2.24, 2.45) is 0 Å². The number of aliphatic hydroxyl groups excluding tert-OH is 1. The molecule has 4 rings (SSSR count). The first-order valence-corrected chi connectivity index (χ1v) is 8.54. The van der Waals surface area contributed by atoms with Crippen LogP contribution in [0.3, 0.4) is 0 Å². The van der Waals surface area contributed by atoms with Crippen molar-refractivity contribution in [2.45, 2.75) is 24.5 Å². The first kappa shape index (κ1) is 18.0. The lowest BCUT2D eigenvalue weighted by molar-refractivity contribution is 0.0198. The maximum absolute atomic E-state index is 13.1. The van der Waals surface area contributed by atoms with Gasteiger partial charge in [0, 0.05) is 29.5 Å². The van der Waals surface area contributed by atoms with Gasteiger partial charge in [-0.2, -0.15) is 0 Å². The van der Waals surface area contributed by atoms with Gasteiger partial charge in [-0.05, 0) is 6.07 Å². The summed E-state index contributed by atoms with van der Waals surface area (Å²) in [5, 5.41) is 51.2. The van der Waals surface area contributed by atoms with Crippen molar-refractivity contribution in [1.29, 1.82) is 5.41 Å². The topological polar surface area (TPSA) is 131 Å². The molecule has 2 aromatic rings. The highest BCUT2D eigenvalue weighted by molar-refractivity contribution is 6.32. The molecule has 142 valence electrons. The largest absolute Gasteiger partial charge is 0.507 e. The van der Waals surface area contributed by atoms with Crippen molar-refractivity contribution in [1.82, 2.24) is 0 Å². The monoisotopic (exact) mass is 379 g/mol. The number of hydrogen-bond acceptors (Lipinski definition) is 7. The zero-order valence-corrected chi connectivity index (χ0v) is 14.9. The van der Waals surface area contributed by atoms with Crippen LogP contribution in [-0.4, -0.2) is 44.6 Å². The number of aromatic hydroxyl groups is 2. The molecule has 0 bridgehead atoms. The van der Waals surface area contributed by atoms with Gasteiger partial charge in [-0.3, -0.25) is 10.2 Å². The first-order valence-electron chi connectivity index (χ1n) is 8.54. The van der Waals surface area contributed by atoms with Gasteiger partial charge in [-0.1, -0.05) is 18.1 Å². The molecule has 0 heterocycles. The number of fused-ring (bicyclic) bond motifs is 3. The fraction of sp³-hybridized carbons (Fsp3) is 0.238. The predicted molar refractivity (Wildman–Crippen MR) is 99.2 cm³/mol. The molecular weight excluding hydrogens is 362 g/mol. The number of aliphatic hydroxyl groups is 2. The molecule has 2 aliphatic carbocycles. The number of nitrogens with one attached hydrogen (secondary N) is 1. The highest BCUT2D eigenvalue weighted by Gasteiger charge is 2.44. The van der Waals surface area contributed by atoms with Gasteiger partial charge >= 0.3 is 0 Å². The molecule has 7 nitrogen and oxygen atoms in total. The van der Waals surface area contributed by atoms with E-state index in [4.69, 9.17) is 16.6 Å². The summed E-state index contributed by atoms with van der Waals surface area (Å²) in [4.78, 5) is 13.1. The summed E-state index contributed by atoms with van der Waals surface area (Å²) in [7, 11) is 1.40. The van der Waals surface area contributed by atoms with Crippen molar-refractivity contribution in [3.63, 3.8) is 0 Å². The van der Waals surface area contributed by atoms with E-state index in [1.54, 1.807) is 12.1 Å². The molecule has 28 heavy (non-hydrogen) atoms. The standard InChI is InChI=1S/C21H17NO6/c1-3-21(27)7-10-13(11(23)8-21)20(26)15-16(19(10)25)18(24)9-5-4-6-12(28-2)14(9)17(15)22/h1,4-6,11,22-23,25-27H,7-8H2,2H3. The van der Waals surface area contributed by atoms with Gasteiger partial charge in [0.05, 0.1) is 35.6 Å². The Morgan fingerprint density at radius 2 is 1.96 bits per heavy atom. The van der Waals surface area contributed by atoms with E-state index >= 15 is 0 Å². The number of benzene rings is 2. The normalized spacial score (nSPS) is 22.7. The third-order valence-electron chi connectivity index (χ3n) is 5.41. The number of terminal acetylenes is 1. The fourth-order valence-electron chi connectivity index (χ4n) is 4.10. The zero-order chi connectivity index (χ0) is 20.4. The average molecular weight is 379 g/mol. The number of ketones is 1. The lowest BCUT2D eigenvalue weighted by Gasteiger charge is -2.35. The molecule has 2 atom stereocenters. The number of rotatable bonds is 1. The maximum atomic E-state index is 13.1. The predicted octanol–water partition coefficient (Wildman–Crippen LogP) is 1.41. The maximum Gasteiger partial charge on any atom is 0.198 e. The van der Waals surface area contributed by atoms with E-state index in [-0.39, 0.29) is 57.7 Å². The molecule has 7 heteroatoms. The third kappa shape index (κ3) is 2.19. The number of carbonyl (C=O) groups is 1. The Balaban J connectivity index is 2.06. The molecule has 0 aromatic heterocycles. The van der Waals surface area contributed by atoms with Gasteiger partial charge < -0.3 is 25.2 Å². The minimum atomic E-state index is -1.73. The fourth-order valence-corrected chi connectivity index (χ4v) is 4.10. The van der Waals surface area contributed by atoms with Crippen LogP contribution in [0.5, 0.6) is 17.2 Å². The molecule has 5 N–H and O–H groups in total. The Morgan fingerprint density at radius 1 is 1.25 bits per heavy atom. The molecule has 0 spiro atoms. The van der Waals surface area contributed by atoms with Crippen LogP contribution in [0.25, 0.3) is 0 Å². The Labute approximate surface area is 160 Å².